The van der Waals surface area contributed by atoms with E-state index in [1.165, 1.54) is 17.4 Å². The molecule has 1 aromatic carbocycles. The number of nitrogens with one attached hydrogen (secondary N) is 1. The van der Waals surface area contributed by atoms with Crippen LogP contribution in [0.3, 0.4) is 0 Å². The molecule has 15 heavy (non-hydrogen) atoms. The van der Waals surface area contributed by atoms with Crippen molar-refractivity contribution in [2.45, 2.75) is 12.3 Å². The van der Waals surface area contributed by atoms with Gasteiger partial charge in [0.15, 0.2) is 0 Å². The first kappa shape index (κ1) is 9.31. The Bertz CT molecular complexity index is 485. The Hall–Kier alpha value is -0.930. The van der Waals surface area contributed by atoms with Crippen LogP contribution in [0, 0.1) is 5.82 Å². The highest BCUT2D eigenvalue weighted by Crippen LogP contribution is 2.34. The van der Waals surface area contributed by atoms with Gasteiger partial charge in [0.1, 0.15) is 5.82 Å². The second-order valence-electron chi connectivity index (χ2n) is 4.02. The van der Waals surface area contributed by atoms with Crippen LogP contribution in [0.2, 0.25) is 0 Å². The largest absolute Gasteiger partial charge is 0.316 e. The molecule has 1 N–H and O–H groups in total. The zero-order valence-electron chi connectivity index (χ0n) is 8.29. The first-order chi connectivity index (χ1) is 7.34. The molecule has 78 valence electrons. The predicted molar refractivity (Wildman–Crippen MR) is 62.0 cm³/mol. The maximum atomic E-state index is 13.0. The van der Waals surface area contributed by atoms with Gasteiger partial charge in [-0.2, -0.15) is 0 Å². The minimum Gasteiger partial charge on any atom is -0.316 e. The topological polar surface area (TPSA) is 12.0 Å². The summed E-state index contributed by atoms with van der Waals surface area (Å²) in [6.45, 7) is 2.16. The molecule has 0 spiro atoms. The van der Waals surface area contributed by atoms with E-state index in [9.17, 15) is 4.39 Å². The molecule has 1 fully saturated rings. The van der Waals surface area contributed by atoms with Crippen molar-refractivity contribution >= 4 is 21.4 Å². The van der Waals surface area contributed by atoms with Crippen LogP contribution in [-0.2, 0) is 0 Å². The van der Waals surface area contributed by atoms with E-state index in [1.54, 1.807) is 23.5 Å². The molecule has 1 aliphatic heterocycles. The Morgan fingerprint density at radius 2 is 2.33 bits per heavy atom. The van der Waals surface area contributed by atoms with Crippen LogP contribution in [0.5, 0.6) is 0 Å². The second kappa shape index (κ2) is 3.58. The summed E-state index contributed by atoms with van der Waals surface area (Å²) in [7, 11) is 0. The van der Waals surface area contributed by atoms with E-state index in [1.807, 2.05) is 6.07 Å². The lowest BCUT2D eigenvalue weighted by Gasteiger charge is -2.06. The fraction of sp³-hybridized carbons (Fsp3) is 0.333. The quantitative estimate of drug-likeness (QED) is 0.780. The molecule has 0 saturated carbocycles. The smallest absolute Gasteiger partial charge is 0.124 e. The van der Waals surface area contributed by atoms with E-state index < -0.39 is 0 Å². The van der Waals surface area contributed by atoms with Crippen molar-refractivity contribution < 1.29 is 4.39 Å². The van der Waals surface area contributed by atoms with E-state index in [2.05, 4.69) is 10.7 Å². The van der Waals surface area contributed by atoms with Gasteiger partial charge in [-0.1, -0.05) is 6.07 Å². The standard InChI is InChI=1S/C12H12FNS/c13-9-1-2-10-11(7-15-12(10)5-9)8-3-4-14-6-8/h1-2,5,7-8,14H,3-4,6H2/t8-/m1/s1. The zero-order valence-corrected chi connectivity index (χ0v) is 9.11. The van der Waals surface area contributed by atoms with Crippen molar-refractivity contribution in [3.8, 4) is 0 Å². The molecule has 0 bridgehead atoms. The first-order valence-electron chi connectivity index (χ1n) is 5.22. The van der Waals surface area contributed by atoms with E-state index >= 15 is 0 Å². The van der Waals surface area contributed by atoms with E-state index in [4.69, 9.17) is 0 Å². The highest BCUT2D eigenvalue weighted by atomic mass is 32.1. The third kappa shape index (κ3) is 1.56. The molecule has 1 saturated heterocycles. The summed E-state index contributed by atoms with van der Waals surface area (Å²) in [4.78, 5) is 0. The van der Waals surface area contributed by atoms with Gasteiger partial charge in [0.25, 0.3) is 0 Å². The van der Waals surface area contributed by atoms with Gasteiger partial charge < -0.3 is 5.32 Å². The minimum atomic E-state index is -0.138. The Balaban J connectivity index is 2.11. The van der Waals surface area contributed by atoms with Gasteiger partial charge >= 0.3 is 0 Å². The normalized spacial score (nSPS) is 21.3. The Kier molecular flexibility index (Phi) is 2.22. The molecule has 2 aromatic rings. The molecule has 0 unspecified atom stereocenters. The van der Waals surface area contributed by atoms with E-state index in [-0.39, 0.29) is 5.82 Å². The molecular weight excluding hydrogens is 209 g/mol. The summed E-state index contributed by atoms with van der Waals surface area (Å²) >= 11 is 1.65. The molecule has 1 aliphatic rings. The van der Waals surface area contributed by atoms with Gasteiger partial charge in [0, 0.05) is 11.2 Å². The number of benzene rings is 1. The maximum Gasteiger partial charge on any atom is 0.124 e. The second-order valence-corrected chi connectivity index (χ2v) is 4.93. The summed E-state index contributed by atoms with van der Waals surface area (Å²) in [6, 6.07) is 5.10. The highest BCUT2D eigenvalue weighted by molar-refractivity contribution is 7.17. The van der Waals surface area contributed by atoms with Crippen LogP contribution >= 0.6 is 11.3 Å². The zero-order chi connectivity index (χ0) is 10.3. The summed E-state index contributed by atoms with van der Waals surface area (Å²) in [5.74, 6) is 0.477. The molecule has 1 aromatic heterocycles. The lowest BCUT2D eigenvalue weighted by Crippen LogP contribution is -2.07. The number of halogens is 1. The van der Waals surface area contributed by atoms with Crippen LogP contribution < -0.4 is 5.32 Å². The van der Waals surface area contributed by atoms with Crippen molar-refractivity contribution in [1.82, 2.24) is 5.32 Å². The number of hydrogen-bond acceptors (Lipinski definition) is 2. The highest BCUT2D eigenvalue weighted by Gasteiger charge is 2.19. The van der Waals surface area contributed by atoms with Gasteiger partial charge in [-0.15, -0.1) is 11.3 Å². The summed E-state index contributed by atoms with van der Waals surface area (Å²) in [6.07, 6.45) is 1.20. The van der Waals surface area contributed by atoms with Crippen LogP contribution in [-0.4, -0.2) is 13.1 Å². The number of fused-ring (bicyclic) bond motifs is 1. The van der Waals surface area contributed by atoms with E-state index in [0.717, 1.165) is 17.8 Å². The number of thiophene rings is 1. The van der Waals surface area contributed by atoms with Crippen LogP contribution in [0.15, 0.2) is 23.6 Å². The van der Waals surface area contributed by atoms with Crippen LogP contribution in [0.4, 0.5) is 4.39 Å². The van der Waals surface area contributed by atoms with Crippen molar-refractivity contribution in [2.24, 2.45) is 0 Å². The third-order valence-electron chi connectivity index (χ3n) is 3.07. The average Bonchev–Trinajstić information content (AvgIpc) is 2.82. The van der Waals surface area contributed by atoms with Gasteiger partial charge in [-0.05, 0) is 47.3 Å². The third-order valence-corrected chi connectivity index (χ3v) is 4.03. The monoisotopic (exact) mass is 221 g/mol. The summed E-state index contributed by atoms with van der Waals surface area (Å²) in [5.41, 5.74) is 1.39. The predicted octanol–water partition coefficient (Wildman–Crippen LogP) is 3.12. The molecule has 0 aliphatic carbocycles. The van der Waals surface area contributed by atoms with Crippen molar-refractivity contribution in [1.29, 1.82) is 0 Å². The summed E-state index contributed by atoms with van der Waals surface area (Å²) in [5, 5.41) is 6.78. The fourth-order valence-corrected chi connectivity index (χ4v) is 3.33. The average molecular weight is 221 g/mol. The molecule has 0 radical (unpaired) electrons. The van der Waals surface area contributed by atoms with Crippen molar-refractivity contribution in [3.63, 3.8) is 0 Å². The Morgan fingerprint density at radius 1 is 1.40 bits per heavy atom. The van der Waals surface area contributed by atoms with Gasteiger partial charge in [0.05, 0.1) is 0 Å². The van der Waals surface area contributed by atoms with Crippen LogP contribution in [0.1, 0.15) is 17.9 Å². The number of hydrogen-bond donors (Lipinski definition) is 1. The molecular formula is C12H12FNS. The molecule has 3 heteroatoms. The van der Waals surface area contributed by atoms with Crippen molar-refractivity contribution in [2.75, 3.05) is 13.1 Å². The molecule has 2 heterocycles. The Labute approximate surface area is 91.9 Å². The molecule has 1 atom stereocenters. The SMILES string of the molecule is Fc1ccc2c([C@@H]3CCNC3)csc2c1. The van der Waals surface area contributed by atoms with E-state index in [0.29, 0.717) is 5.92 Å². The Morgan fingerprint density at radius 3 is 3.13 bits per heavy atom. The minimum absolute atomic E-state index is 0.138. The summed E-state index contributed by atoms with van der Waals surface area (Å²) < 4.78 is 14.1. The molecule has 1 nitrogen and oxygen atoms in total. The van der Waals surface area contributed by atoms with Gasteiger partial charge in [0.2, 0.25) is 0 Å². The maximum absolute atomic E-state index is 13.0. The molecule has 3 rings (SSSR count). The fourth-order valence-electron chi connectivity index (χ4n) is 2.26. The lowest BCUT2D eigenvalue weighted by atomic mass is 9.98. The van der Waals surface area contributed by atoms with Crippen molar-refractivity contribution in [3.05, 3.63) is 35.0 Å². The van der Waals surface area contributed by atoms with Gasteiger partial charge in [-0.3, -0.25) is 0 Å². The lowest BCUT2D eigenvalue weighted by molar-refractivity contribution is 0.630. The molecule has 0 amide bonds. The number of rotatable bonds is 1. The van der Waals surface area contributed by atoms with Crippen LogP contribution in [0.25, 0.3) is 10.1 Å². The van der Waals surface area contributed by atoms with Gasteiger partial charge in [-0.25, -0.2) is 4.39 Å². The first-order valence-corrected chi connectivity index (χ1v) is 6.10.